The second-order valence-electron chi connectivity index (χ2n) is 5.48. The van der Waals surface area contributed by atoms with Crippen LogP contribution in [-0.2, 0) is 11.2 Å². The molecule has 0 saturated carbocycles. The van der Waals surface area contributed by atoms with Gasteiger partial charge < -0.3 is 15.4 Å². The number of anilines is 1. The van der Waals surface area contributed by atoms with E-state index in [1.807, 2.05) is 43.3 Å². The summed E-state index contributed by atoms with van der Waals surface area (Å²) in [6.45, 7) is 2.51. The Morgan fingerprint density at radius 3 is 2.91 bits per heavy atom. The number of carbonyl (C=O) groups excluding carboxylic acids is 2. The number of para-hydroxylation sites is 1. The minimum Gasteiger partial charge on any atom is -0.483 e. The number of rotatable bonds is 4. The summed E-state index contributed by atoms with van der Waals surface area (Å²) in [5, 5.41) is 5.55. The molecular formula is C18H18N2O3. The average Bonchev–Trinajstić information content (AvgIpc) is 2.55. The Morgan fingerprint density at radius 2 is 2.09 bits per heavy atom. The number of amides is 2. The van der Waals surface area contributed by atoms with Gasteiger partial charge in [-0.3, -0.25) is 9.59 Å². The highest BCUT2D eigenvalue weighted by atomic mass is 16.5. The van der Waals surface area contributed by atoms with Crippen LogP contribution in [0.25, 0.3) is 0 Å². The Kier molecular flexibility index (Phi) is 4.28. The second kappa shape index (κ2) is 6.52. The van der Waals surface area contributed by atoms with Gasteiger partial charge in [-0.1, -0.05) is 24.3 Å². The predicted octanol–water partition coefficient (Wildman–Crippen LogP) is 2.30. The van der Waals surface area contributed by atoms with Crippen molar-refractivity contribution in [3.63, 3.8) is 0 Å². The lowest BCUT2D eigenvalue weighted by atomic mass is 10.00. The van der Waals surface area contributed by atoms with Crippen LogP contribution in [0, 0.1) is 6.92 Å². The number of ether oxygens (including phenoxy) is 1. The van der Waals surface area contributed by atoms with Crippen molar-refractivity contribution in [3.05, 3.63) is 59.2 Å². The lowest BCUT2D eigenvalue weighted by Gasteiger charge is -2.17. The van der Waals surface area contributed by atoms with Crippen LogP contribution in [0.5, 0.6) is 5.75 Å². The number of benzene rings is 2. The fraction of sp³-hybridized carbons (Fsp3) is 0.222. The third-order valence-electron chi connectivity index (χ3n) is 3.77. The summed E-state index contributed by atoms with van der Waals surface area (Å²) in [7, 11) is 0. The summed E-state index contributed by atoms with van der Waals surface area (Å²) in [6.07, 6.45) is 0.811. The number of aryl methyl sites for hydroxylation is 1. The van der Waals surface area contributed by atoms with Gasteiger partial charge in [-0.25, -0.2) is 0 Å². The number of nitrogens with one attached hydrogen (secondary N) is 2. The molecule has 0 atom stereocenters. The van der Waals surface area contributed by atoms with Crippen molar-refractivity contribution in [3.8, 4) is 5.75 Å². The van der Waals surface area contributed by atoms with Gasteiger partial charge >= 0.3 is 0 Å². The van der Waals surface area contributed by atoms with Crippen LogP contribution in [0.15, 0.2) is 42.5 Å². The molecule has 2 aromatic rings. The molecule has 2 aromatic carbocycles. The fourth-order valence-electron chi connectivity index (χ4n) is 2.55. The molecule has 0 radical (unpaired) electrons. The summed E-state index contributed by atoms with van der Waals surface area (Å²) in [5.74, 6) is 0.329. The molecule has 1 aliphatic rings. The van der Waals surface area contributed by atoms with Gasteiger partial charge in [-0.05, 0) is 42.7 Å². The van der Waals surface area contributed by atoms with E-state index in [0.29, 0.717) is 23.5 Å². The quantitative estimate of drug-likeness (QED) is 0.910. The molecule has 0 aromatic heterocycles. The molecule has 0 spiro atoms. The monoisotopic (exact) mass is 310 g/mol. The van der Waals surface area contributed by atoms with E-state index in [0.717, 1.165) is 17.5 Å². The molecule has 3 rings (SSSR count). The van der Waals surface area contributed by atoms with Gasteiger partial charge in [0.15, 0.2) is 6.61 Å². The largest absolute Gasteiger partial charge is 0.483 e. The van der Waals surface area contributed by atoms with E-state index in [2.05, 4.69) is 10.6 Å². The van der Waals surface area contributed by atoms with Gasteiger partial charge in [0.25, 0.3) is 11.8 Å². The standard InChI is InChI=1S/C18H18N2O3/c1-12-4-2-3-5-16(12)23-11-17(21)20-14-7-6-13-8-9-19-18(22)15(13)10-14/h2-7,10H,8-9,11H2,1H3,(H,19,22)(H,20,21). The summed E-state index contributed by atoms with van der Waals surface area (Å²) in [5.41, 5.74) is 3.20. The van der Waals surface area contributed by atoms with Gasteiger partial charge in [0.2, 0.25) is 0 Å². The molecule has 2 amide bonds. The van der Waals surface area contributed by atoms with Crippen LogP contribution in [0.1, 0.15) is 21.5 Å². The van der Waals surface area contributed by atoms with Crippen molar-refractivity contribution in [1.29, 1.82) is 0 Å². The number of carbonyl (C=O) groups is 2. The van der Waals surface area contributed by atoms with Crippen molar-refractivity contribution in [2.75, 3.05) is 18.5 Å². The highest BCUT2D eigenvalue weighted by Crippen LogP contribution is 2.19. The first-order valence-electron chi connectivity index (χ1n) is 7.53. The van der Waals surface area contributed by atoms with Crippen LogP contribution >= 0.6 is 0 Å². The molecule has 2 N–H and O–H groups in total. The van der Waals surface area contributed by atoms with E-state index in [-0.39, 0.29) is 18.4 Å². The smallest absolute Gasteiger partial charge is 0.262 e. The third kappa shape index (κ3) is 3.51. The number of fused-ring (bicyclic) bond motifs is 1. The van der Waals surface area contributed by atoms with Crippen molar-refractivity contribution in [2.24, 2.45) is 0 Å². The third-order valence-corrected chi connectivity index (χ3v) is 3.77. The predicted molar refractivity (Wildman–Crippen MR) is 87.8 cm³/mol. The van der Waals surface area contributed by atoms with Crippen LogP contribution in [0.3, 0.4) is 0 Å². The summed E-state index contributed by atoms with van der Waals surface area (Å²) >= 11 is 0. The molecule has 23 heavy (non-hydrogen) atoms. The van der Waals surface area contributed by atoms with Crippen LogP contribution in [0.2, 0.25) is 0 Å². The summed E-state index contributed by atoms with van der Waals surface area (Å²) < 4.78 is 5.51. The normalized spacial score (nSPS) is 13.0. The molecule has 0 fully saturated rings. The Hall–Kier alpha value is -2.82. The topological polar surface area (TPSA) is 67.4 Å². The lowest BCUT2D eigenvalue weighted by Crippen LogP contribution is -2.32. The zero-order valence-corrected chi connectivity index (χ0v) is 12.9. The van der Waals surface area contributed by atoms with Crippen molar-refractivity contribution in [2.45, 2.75) is 13.3 Å². The first kappa shape index (κ1) is 15.1. The number of hydrogen-bond donors (Lipinski definition) is 2. The van der Waals surface area contributed by atoms with E-state index in [9.17, 15) is 9.59 Å². The first-order valence-corrected chi connectivity index (χ1v) is 7.53. The van der Waals surface area contributed by atoms with Gasteiger partial charge in [-0.15, -0.1) is 0 Å². The second-order valence-corrected chi connectivity index (χ2v) is 5.48. The van der Waals surface area contributed by atoms with Crippen molar-refractivity contribution < 1.29 is 14.3 Å². The maximum Gasteiger partial charge on any atom is 0.262 e. The van der Waals surface area contributed by atoms with Crippen molar-refractivity contribution in [1.82, 2.24) is 5.32 Å². The average molecular weight is 310 g/mol. The maximum atomic E-state index is 12.0. The Bertz CT molecular complexity index is 756. The van der Waals surface area contributed by atoms with E-state index in [1.54, 1.807) is 6.07 Å². The molecule has 0 bridgehead atoms. The summed E-state index contributed by atoms with van der Waals surface area (Å²) in [6, 6.07) is 12.9. The van der Waals surface area contributed by atoms with E-state index < -0.39 is 0 Å². The molecule has 0 unspecified atom stereocenters. The zero-order chi connectivity index (χ0) is 16.2. The van der Waals surface area contributed by atoms with E-state index in [1.165, 1.54) is 0 Å². The fourth-order valence-corrected chi connectivity index (χ4v) is 2.55. The highest BCUT2D eigenvalue weighted by Gasteiger charge is 2.17. The lowest BCUT2D eigenvalue weighted by molar-refractivity contribution is -0.118. The maximum absolute atomic E-state index is 12.0. The van der Waals surface area contributed by atoms with Gasteiger partial charge in [0.1, 0.15) is 5.75 Å². The SMILES string of the molecule is Cc1ccccc1OCC(=O)Nc1ccc2c(c1)C(=O)NCC2. The minimum absolute atomic E-state index is 0.0753. The minimum atomic E-state index is -0.260. The number of hydrogen-bond acceptors (Lipinski definition) is 3. The van der Waals surface area contributed by atoms with Crippen LogP contribution < -0.4 is 15.4 Å². The Balaban J connectivity index is 1.63. The van der Waals surface area contributed by atoms with E-state index in [4.69, 9.17) is 4.74 Å². The molecule has 5 nitrogen and oxygen atoms in total. The molecule has 118 valence electrons. The van der Waals surface area contributed by atoms with E-state index >= 15 is 0 Å². The highest BCUT2D eigenvalue weighted by molar-refractivity contribution is 5.99. The molecule has 1 aliphatic heterocycles. The van der Waals surface area contributed by atoms with Crippen molar-refractivity contribution >= 4 is 17.5 Å². The van der Waals surface area contributed by atoms with Crippen LogP contribution in [0.4, 0.5) is 5.69 Å². The Labute approximate surface area is 134 Å². The van der Waals surface area contributed by atoms with Gasteiger partial charge in [0, 0.05) is 17.8 Å². The zero-order valence-electron chi connectivity index (χ0n) is 12.9. The molecular weight excluding hydrogens is 292 g/mol. The Morgan fingerprint density at radius 1 is 1.26 bits per heavy atom. The summed E-state index contributed by atoms with van der Waals surface area (Å²) in [4.78, 5) is 23.8. The molecule has 0 aliphatic carbocycles. The van der Waals surface area contributed by atoms with Gasteiger partial charge in [0.05, 0.1) is 0 Å². The molecule has 5 heteroatoms. The first-order chi connectivity index (χ1) is 11.1. The van der Waals surface area contributed by atoms with Crippen LogP contribution in [-0.4, -0.2) is 25.0 Å². The molecule has 1 heterocycles. The van der Waals surface area contributed by atoms with Gasteiger partial charge in [-0.2, -0.15) is 0 Å². The molecule has 0 saturated heterocycles.